The van der Waals surface area contributed by atoms with Crippen LogP contribution in [-0.4, -0.2) is 55.2 Å². The molecule has 1 aromatic carbocycles. The average Bonchev–Trinajstić information content (AvgIpc) is 3.27. The minimum absolute atomic E-state index is 0.00241. The van der Waals surface area contributed by atoms with Crippen molar-refractivity contribution in [2.75, 3.05) is 25.1 Å². The zero-order chi connectivity index (χ0) is 29.3. The van der Waals surface area contributed by atoms with Gasteiger partial charge in [-0.15, -0.1) is 6.58 Å². The standard InChI is InChI=1S/C31H34N6O5/c1-3-16-36-28(38)24-17-32-30(35-27(24)37(36)26-7-5-6-25(34-26)31(40)18-41-19-31)33-23-14-12-21(13-15-23)20-8-10-22(11-9-20)29(39)42-4-2/h3,5-7,12-15,17,20,22,40H,1,4,8-11,16,18-19H2,2H3,(H,32,33,35). The molecule has 218 valence electrons. The molecule has 11 nitrogen and oxygen atoms in total. The molecule has 0 radical (unpaired) electrons. The van der Waals surface area contributed by atoms with E-state index < -0.39 is 5.60 Å². The quantitative estimate of drug-likeness (QED) is 0.227. The van der Waals surface area contributed by atoms with Gasteiger partial charge in [0.05, 0.1) is 38.0 Å². The third-order valence-electron chi connectivity index (χ3n) is 8.07. The molecule has 0 spiro atoms. The van der Waals surface area contributed by atoms with Crippen molar-refractivity contribution in [2.24, 2.45) is 5.92 Å². The smallest absolute Gasteiger partial charge is 0.308 e. The number of esters is 1. The summed E-state index contributed by atoms with van der Waals surface area (Å²) in [6.07, 6.45) is 6.73. The Bertz CT molecular complexity index is 1670. The SMILES string of the molecule is C=CCn1c(=O)c2cnc(Nc3ccc(C4CCC(C(=O)OCC)CC4)cc3)nc2n1-c1cccc(C2(O)COC2)n1. The highest BCUT2D eigenvalue weighted by Crippen LogP contribution is 2.37. The number of allylic oxidation sites excluding steroid dienone is 1. The number of aliphatic hydroxyl groups is 1. The van der Waals surface area contributed by atoms with Gasteiger partial charge in [0.25, 0.3) is 5.56 Å². The molecular weight excluding hydrogens is 536 g/mol. The fourth-order valence-electron chi connectivity index (χ4n) is 5.74. The first kappa shape index (κ1) is 27.8. The number of nitrogens with one attached hydrogen (secondary N) is 1. The van der Waals surface area contributed by atoms with Gasteiger partial charge in [-0.2, -0.15) is 4.98 Å². The molecule has 11 heteroatoms. The van der Waals surface area contributed by atoms with Gasteiger partial charge in [-0.3, -0.25) is 9.59 Å². The topological polar surface area (TPSA) is 133 Å². The Balaban J connectivity index is 1.25. The normalized spacial score (nSPS) is 19.7. The van der Waals surface area contributed by atoms with Crippen molar-refractivity contribution in [3.05, 3.63) is 82.9 Å². The summed E-state index contributed by atoms with van der Waals surface area (Å²) in [6.45, 7) is 6.63. The van der Waals surface area contributed by atoms with E-state index in [9.17, 15) is 14.7 Å². The largest absolute Gasteiger partial charge is 0.466 e. The third-order valence-corrected chi connectivity index (χ3v) is 8.07. The molecule has 3 aromatic heterocycles. The van der Waals surface area contributed by atoms with Crippen molar-refractivity contribution in [3.8, 4) is 5.82 Å². The third kappa shape index (κ3) is 5.21. The van der Waals surface area contributed by atoms with Crippen molar-refractivity contribution in [1.82, 2.24) is 24.3 Å². The first-order valence-electron chi connectivity index (χ1n) is 14.3. The highest BCUT2D eigenvalue weighted by atomic mass is 16.5. The van der Waals surface area contributed by atoms with E-state index in [1.54, 1.807) is 29.0 Å². The molecular formula is C31H34N6O5. The summed E-state index contributed by atoms with van der Waals surface area (Å²) in [6, 6.07) is 13.5. The highest BCUT2D eigenvalue weighted by Gasteiger charge is 2.39. The number of benzene rings is 1. The fourth-order valence-corrected chi connectivity index (χ4v) is 5.74. The number of anilines is 2. The number of carbonyl (C=O) groups is 1. The van der Waals surface area contributed by atoms with Gasteiger partial charge in [0, 0.05) is 11.9 Å². The lowest BCUT2D eigenvalue weighted by molar-refractivity contribution is -0.186. The minimum atomic E-state index is -1.16. The average molecular weight is 571 g/mol. The Morgan fingerprint density at radius 1 is 1.17 bits per heavy atom. The van der Waals surface area contributed by atoms with Crippen molar-refractivity contribution in [3.63, 3.8) is 0 Å². The fraction of sp³-hybridized carbons (Fsp3) is 0.387. The van der Waals surface area contributed by atoms with E-state index in [0.29, 0.717) is 41.0 Å². The summed E-state index contributed by atoms with van der Waals surface area (Å²) in [5, 5.41) is 14.4. The van der Waals surface area contributed by atoms with Gasteiger partial charge in [-0.25, -0.2) is 19.3 Å². The monoisotopic (exact) mass is 570 g/mol. The molecule has 4 aromatic rings. The Morgan fingerprint density at radius 2 is 1.93 bits per heavy atom. The van der Waals surface area contributed by atoms with Crippen LogP contribution in [-0.2, 0) is 26.4 Å². The number of hydrogen-bond acceptors (Lipinski definition) is 9. The van der Waals surface area contributed by atoms with E-state index in [2.05, 4.69) is 34.0 Å². The maximum Gasteiger partial charge on any atom is 0.308 e. The van der Waals surface area contributed by atoms with Crippen LogP contribution >= 0.6 is 0 Å². The van der Waals surface area contributed by atoms with Gasteiger partial charge in [-0.05, 0) is 68.4 Å². The summed E-state index contributed by atoms with van der Waals surface area (Å²) in [5.41, 5.74) is 1.47. The van der Waals surface area contributed by atoms with Gasteiger partial charge in [0.15, 0.2) is 17.1 Å². The molecule has 2 N–H and O–H groups in total. The molecule has 42 heavy (non-hydrogen) atoms. The van der Waals surface area contributed by atoms with Crippen molar-refractivity contribution in [1.29, 1.82) is 0 Å². The predicted octanol–water partition coefficient (Wildman–Crippen LogP) is 3.96. The molecule has 1 aliphatic carbocycles. The van der Waals surface area contributed by atoms with E-state index in [1.165, 1.54) is 16.4 Å². The van der Waals surface area contributed by atoms with Crippen molar-refractivity contribution in [2.45, 2.75) is 50.7 Å². The van der Waals surface area contributed by atoms with E-state index in [1.807, 2.05) is 19.1 Å². The van der Waals surface area contributed by atoms with Crippen LogP contribution < -0.4 is 10.9 Å². The lowest BCUT2D eigenvalue weighted by Crippen LogP contribution is -2.47. The van der Waals surface area contributed by atoms with Crippen LogP contribution in [0.25, 0.3) is 16.9 Å². The first-order valence-corrected chi connectivity index (χ1v) is 14.3. The predicted molar refractivity (Wildman–Crippen MR) is 157 cm³/mol. The summed E-state index contributed by atoms with van der Waals surface area (Å²) in [7, 11) is 0. The maximum absolute atomic E-state index is 13.3. The van der Waals surface area contributed by atoms with Gasteiger partial charge >= 0.3 is 5.97 Å². The maximum atomic E-state index is 13.3. The van der Waals surface area contributed by atoms with Gasteiger partial charge < -0.3 is 19.9 Å². The van der Waals surface area contributed by atoms with Crippen LogP contribution in [0.2, 0.25) is 0 Å². The number of carbonyl (C=O) groups excluding carboxylic acids is 1. The second-order valence-electron chi connectivity index (χ2n) is 10.9. The second-order valence-corrected chi connectivity index (χ2v) is 10.9. The molecule has 0 amide bonds. The molecule has 0 bridgehead atoms. The van der Waals surface area contributed by atoms with Crippen LogP contribution in [0.5, 0.6) is 0 Å². The molecule has 2 fully saturated rings. The molecule has 1 aliphatic heterocycles. The summed E-state index contributed by atoms with van der Waals surface area (Å²) in [5.74, 6) is 1.10. The van der Waals surface area contributed by atoms with Crippen molar-refractivity contribution >= 4 is 28.6 Å². The van der Waals surface area contributed by atoms with Gasteiger partial charge in [-0.1, -0.05) is 24.3 Å². The van der Waals surface area contributed by atoms with Crippen LogP contribution in [0.3, 0.4) is 0 Å². The Morgan fingerprint density at radius 3 is 2.60 bits per heavy atom. The highest BCUT2D eigenvalue weighted by molar-refractivity contribution is 5.77. The van der Waals surface area contributed by atoms with E-state index in [0.717, 1.165) is 31.4 Å². The molecule has 1 saturated heterocycles. The minimum Gasteiger partial charge on any atom is -0.466 e. The summed E-state index contributed by atoms with van der Waals surface area (Å²) >= 11 is 0. The number of pyridine rings is 1. The van der Waals surface area contributed by atoms with Gasteiger partial charge in [0.2, 0.25) is 5.95 Å². The first-order chi connectivity index (χ1) is 20.4. The molecule has 6 rings (SSSR count). The number of fused-ring (bicyclic) bond motifs is 1. The Kier molecular flexibility index (Phi) is 7.61. The van der Waals surface area contributed by atoms with E-state index in [-0.39, 0.29) is 37.2 Å². The molecule has 2 aliphatic rings. The lowest BCUT2D eigenvalue weighted by atomic mass is 9.79. The lowest BCUT2D eigenvalue weighted by Gasteiger charge is -2.35. The summed E-state index contributed by atoms with van der Waals surface area (Å²) in [4.78, 5) is 39.1. The zero-order valence-corrected chi connectivity index (χ0v) is 23.5. The molecule has 1 saturated carbocycles. The van der Waals surface area contributed by atoms with Crippen LogP contribution in [0.4, 0.5) is 11.6 Å². The molecule has 4 heterocycles. The van der Waals surface area contributed by atoms with E-state index >= 15 is 0 Å². The number of nitrogens with zero attached hydrogens (tertiary/aromatic N) is 5. The van der Waals surface area contributed by atoms with Crippen LogP contribution in [0.15, 0.2) is 66.1 Å². The van der Waals surface area contributed by atoms with Gasteiger partial charge in [0.1, 0.15) is 5.39 Å². The second kappa shape index (κ2) is 11.5. The number of hydrogen-bond donors (Lipinski definition) is 2. The number of rotatable bonds is 9. The Labute approximate surface area is 242 Å². The molecule has 0 unspecified atom stereocenters. The molecule has 0 atom stereocenters. The van der Waals surface area contributed by atoms with E-state index in [4.69, 9.17) is 14.5 Å². The number of aromatic nitrogens is 5. The Hall–Kier alpha value is -4.35. The summed E-state index contributed by atoms with van der Waals surface area (Å²) < 4.78 is 13.5. The van der Waals surface area contributed by atoms with Crippen LogP contribution in [0.1, 0.15) is 49.8 Å². The van der Waals surface area contributed by atoms with Crippen LogP contribution in [0, 0.1) is 5.92 Å². The zero-order valence-electron chi connectivity index (χ0n) is 23.5. The number of ether oxygens (including phenoxy) is 2. The van der Waals surface area contributed by atoms with Crippen molar-refractivity contribution < 1.29 is 19.4 Å².